The first kappa shape index (κ1) is 17.7. The predicted molar refractivity (Wildman–Crippen MR) is 90.2 cm³/mol. The highest BCUT2D eigenvalue weighted by atomic mass is 32.2. The highest BCUT2D eigenvalue weighted by Gasteiger charge is 2.19. The van der Waals surface area contributed by atoms with Gasteiger partial charge in [0.1, 0.15) is 5.75 Å². The van der Waals surface area contributed by atoms with Gasteiger partial charge >= 0.3 is 0 Å². The molecule has 0 aliphatic heterocycles. The number of hydrogen-bond acceptors (Lipinski definition) is 7. The minimum absolute atomic E-state index is 0.0517. The van der Waals surface area contributed by atoms with E-state index in [1.54, 1.807) is 19.1 Å². The van der Waals surface area contributed by atoms with E-state index in [2.05, 4.69) is 15.5 Å². The molecule has 9 nitrogen and oxygen atoms in total. The summed E-state index contributed by atoms with van der Waals surface area (Å²) in [5.74, 6) is 0.824. The fourth-order valence-electron chi connectivity index (χ4n) is 2.20. The summed E-state index contributed by atoms with van der Waals surface area (Å²) < 4.78 is 36.1. The molecule has 0 aliphatic rings. The third-order valence-corrected chi connectivity index (χ3v) is 5.18. The lowest BCUT2D eigenvalue weighted by atomic mass is 10.3. The Morgan fingerprint density at radius 1 is 1.27 bits per heavy atom. The van der Waals surface area contributed by atoms with Crippen molar-refractivity contribution in [3.05, 3.63) is 60.0 Å². The maximum absolute atomic E-state index is 12.6. The molecule has 0 fully saturated rings. The van der Waals surface area contributed by atoms with Gasteiger partial charge in [-0.15, -0.1) is 0 Å². The fraction of sp³-hybridized carbons (Fsp3) is 0.188. The third kappa shape index (κ3) is 3.59. The average Bonchev–Trinajstić information content (AvgIpc) is 3.29. The van der Waals surface area contributed by atoms with Crippen molar-refractivity contribution in [2.75, 3.05) is 7.11 Å². The number of carbonyl (C=O) groups excluding carboxylic acids is 1. The maximum Gasteiger partial charge on any atom is 0.267 e. The lowest BCUT2D eigenvalue weighted by molar-refractivity contribution is 0.0946. The normalized spacial score (nSPS) is 11.3. The molecule has 2 aromatic heterocycles. The SMILES string of the molecule is COc1ccc(S(=O)(=O)n2ccc(C(=O)NCc3nc(C)no3)c2)cc1. The van der Waals surface area contributed by atoms with E-state index in [9.17, 15) is 13.2 Å². The Morgan fingerprint density at radius 3 is 2.62 bits per heavy atom. The Bertz CT molecular complexity index is 1020. The summed E-state index contributed by atoms with van der Waals surface area (Å²) in [4.78, 5) is 16.2. The van der Waals surface area contributed by atoms with Crippen LogP contribution in [0.2, 0.25) is 0 Å². The Balaban J connectivity index is 1.74. The molecule has 0 atom stereocenters. The second-order valence-corrected chi connectivity index (χ2v) is 7.17. The summed E-state index contributed by atoms with van der Waals surface area (Å²) in [6, 6.07) is 7.39. The predicted octanol–water partition coefficient (Wildman–Crippen LogP) is 1.36. The van der Waals surface area contributed by atoms with Crippen LogP contribution in [-0.4, -0.2) is 35.5 Å². The summed E-state index contributed by atoms with van der Waals surface area (Å²) in [7, 11) is -2.30. The van der Waals surface area contributed by atoms with Crippen molar-refractivity contribution in [1.29, 1.82) is 0 Å². The van der Waals surface area contributed by atoms with E-state index in [4.69, 9.17) is 9.26 Å². The van der Waals surface area contributed by atoms with E-state index in [0.717, 1.165) is 3.97 Å². The van der Waals surface area contributed by atoms with Gasteiger partial charge in [0.25, 0.3) is 15.9 Å². The highest BCUT2D eigenvalue weighted by molar-refractivity contribution is 7.90. The third-order valence-electron chi connectivity index (χ3n) is 3.53. The van der Waals surface area contributed by atoms with E-state index in [-0.39, 0.29) is 22.9 Å². The van der Waals surface area contributed by atoms with E-state index < -0.39 is 15.9 Å². The second-order valence-electron chi connectivity index (χ2n) is 5.33. The van der Waals surface area contributed by atoms with Crippen molar-refractivity contribution in [1.82, 2.24) is 19.4 Å². The van der Waals surface area contributed by atoms with Crippen LogP contribution in [0, 0.1) is 6.92 Å². The Hall–Kier alpha value is -3.14. The molecule has 1 N–H and O–H groups in total. The van der Waals surface area contributed by atoms with Crippen molar-refractivity contribution >= 4 is 15.9 Å². The zero-order valence-corrected chi connectivity index (χ0v) is 14.9. The Labute approximate surface area is 149 Å². The van der Waals surface area contributed by atoms with Gasteiger partial charge in [-0.3, -0.25) is 4.79 Å². The van der Waals surface area contributed by atoms with Crippen LogP contribution in [0.15, 0.2) is 52.1 Å². The van der Waals surface area contributed by atoms with E-state index in [0.29, 0.717) is 11.6 Å². The zero-order chi connectivity index (χ0) is 18.7. The number of ether oxygens (including phenoxy) is 1. The molecule has 1 amide bonds. The number of hydrogen-bond donors (Lipinski definition) is 1. The van der Waals surface area contributed by atoms with E-state index >= 15 is 0 Å². The van der Waals surface area contributed by atoms with Gasteiger partial charge in [0.15, 0.2) is 5.82 Å². The molecule has 0 radical (unpaired) electrons. The smallest absolute Gasteiger partial charge is 0.267 e. The number of benzene rings is 1. The minimum Gasteiger partial charge on any atom is -0.497 e. The van der Waals surface area contributed by atoms with Gasteiger partial charge in [-0.1, -0.05) is 5.16 Å². The second kappa shape index (κ2) is 7.00. The van der Waals surface area contributed by atoms with Gasteiger partial charge in [-0.05, 0) is 37.3 Å². The summed E-state index contributed by atoms with van der Waals surface area (Å²) in [6.45, 7) is 1.72. The van der Waals surface area contributed by atoms with Crippen molar-refractivity contribution in [2.24, 2.45) is 0 Å². The van der Waals surface area contributed by atoms with Crippen molar-refractivity contribution < 1.29 is 22.5 Å². The number of methoxy groups -OCH3 is 1. The summed E-state index contributed by atoms with van der Waals surface area (Å²) in [5, 5.41) is 6.21. The molecule has 136 valence electrons. The average molecular weight is 376 g/mol. The molecule has 3 aromatic rings. The number of nitrogens with one attached hydrogen (secondary N) is 1. The highest BCUT2D eigenvalue weighted by Crippen LogP contribution is 2.19. The van der Waals surface area contributed by atoms with Crippen LogP contribution in [0.4, 0.5) is 0 Å². The molecule has 3 rings (SSSR count). The lowest BCUT2D eigenvalue weighted by Crippen LogP contribution is -2.22. The zero-order valence-electron chi connectivity index (χ0n) is 14.0. The number of amides is 1. The topological polar surface area (TPSA) is 116 Å². The monoisotopic (exact) mass is 376 g/mol. The van der Waals surface area contributed by atoms with Crippen LogP contribution in [0.1, 0.15) is 22.1 Å². The number of aromatic nitrogens is 3. The molecule has 1 aromatic carbocycles. The maximum atomic E-state index is 12.6. The minimum atomic E-state index is -3.80. The van der Waals surface area contributed by atoms with Crippen molar-refractivity contribution in [2.45, 2.75) is 18.4 Å². The molecule has 0 saturated carbocycles. The van der Waals surface area contributed by atoms with Crippen LogP contribution >= 0.6 is 0 Å². The Kier molecular flexibility index (Phi) is 4.76. The van der Waals surface area contributed by atoms with Crippen LogP contribution in [0.3, 0.4) is 0 Å². The summed E-state index contributed by atoms with van der Waals surface area (Å²) in [5.41, 5.74) is 0.193. The molecule has 0 spiro atoms. The molecular formula is C16H16N4O5S. The molecule has 0 bridgehead atoms. The van der Waals surface area contributed by atoms with Crippen LogP contribution in [-0.2, 0) is 16.6 Å². The van der Waals surface area contributed by atoms with Crippen LogP contribution in [0.25, 0.3) is 0 Å². The van der Waals surface area contributed by atoms with Gasteiger partial charge in [0.05, 0.1) is 24.1 Å². The van der Waals surface area contributed by atoms with Crippen molar-refractivity contribution in [3.63, 3.8) is 0 Å². The molecule has 10 heteroatoms. The number of rotatable bonds is 6. The van der Waals surface area contributed by atoms with Crippen LogP contribution < -0.4 is 10.1 Å². The summed E-state index contributed by atoms with van der Waals surface area (Å²) >= 11 is 0. The molecule has 0 saturated heterocycles. The molecule has 26 heavy (non-hydrogen) atoms. The quantitative estimate of drug-likeness (QED) is 0.690. The molecule has 0 aliphatic carbocycles. The first-order valence-corrected chi connectivity index (χ1v) is 8.99. The number of aryl methyl sites for hydroxylation is 1. The number of carbonyl (C=O) groups is 1. The molecule has 0 unspecified atom stereocenters. The van der Waals surface area contributed by atoms with E-state index in [1.165, 1.54) is 37.7 Å². The van der Waals surface area contributed by atoms with E-state index in [1.807, 2.05) is 0 Å². The van der Waals surface area contributed by atoms with Crippen molar-refractivity contribution in [3.8, 4) is 5.75 Å². The molecule has 2 heterocycles. The fourth-order valence-corrected chi connectivity index (χ4v) is 3.40. The van der Waals surface area contributed by atoms with Gasteiger partial charge in [0, 0.05) is 12.4 Å². The summed E-state index contributed by atoms with van der Waals surface area (Å²) in [6.07, 6.45) is 2.55. The van der Waals surface area contributed by atoms with Gasteiger partial charge in [-0.2, -0.15) is 4.98 Å². The van der Waals surface area contributed by atoms with Crippen LogP contribution in [0.5, 0.6) is 5.75 Å². The lowest BCUT2D eigenvalue weighted by Gasteiger charge is -2.06. The number of nitrogens with zero attached hydrogens (tertiary/aromatic N) is 3. The van der Waals surface area contributed by atoms with Gasteiger partial charge in [-0.25, -0.2) is 12.4 Å². The standard InChI is InChI=1S/C16H16N4O5S/c1-11-18-15(25-19-11)9-17-16(21)12-7-8-20(10-12)26(22,23)14-5-3-13(24-2)4-6-14/h3-8,10H,9H2,1-2H3,(H,17,21). The first-order valence-electron chi connectivity index (χ1n) is 7.55. The van der Waals surface area contributed by atoms with Gasteiger partial charge in [0.2, 0.25) is 5.89 Å². The molecular weight excluding hydrogens is 360 g/mol. The van der Waals surface area contributed by atoms with Gasteiger partial charge < -0.3 is 14.6 Å². The first-order chi connectivity index (χ1) is 12.4. The Morgan fingerprint density at radius 2 is 2.00 bits per heavy atom. The largest absolute Gasteiger partial charge is 0.497 e.